The van der Waals surface area contributed by atoms with Crippen LogP contribution < -0.4 is 0 Å². The third-order valence-corrected chi connectivity index (χ3v) is 2.94. The van der Waals surface area contributed by atoms with Crippen LogP contribution in [0.1, 0.15) is 12.5 Å². The van der Waals surface area contributed by atoms with Crippen molar-refractivity contribution < 1.29 is 9.90 Å². The Bertz CT molecular complexity index is 399. The first-order valence-corrected chi connectivity index (χ1v) is 5.05. The van der Waals surface area contributed by atoms with Crippen molar-refractivity contribution >= 4 is 38.5 Å². The lowest BCUT2D eigenvalue weighted by molar-refractivity contribution is -0.132. The molecule has 0 aliphatic carbocycles. The number of hydrogen-bond donors (Lipinski definition) is 1. The lowest BCUT2D eigenvalue weighted by Crippen LogP contribution is -1.98. The normalized spacial score (nSPS) is 12.2. The summed E-state index contributed by atoms with van der Waals surface area (Å²) in [5.74, 6) is -1.01. The van der Waals surface area contributed by atoms with Crippen molar-refractivity contribution in [3.05, 3.63) is 39.9 Å². The summed E-state index contributed by atoms with van der Waals surface area (Å²) in [6.45, 7) is 1.48. The third-order valence-electron chi connectivity index (χ3n) is 1.76. The average molecular weight is 276 g/mol. The molecule has 74 valence electrons. The number of carboxylic acid groups (broad SMARTS) is 1. The highest BCUT2D eigenvalue weighted by molar-refractivity contribution is 9.10. The summed E-state index contributed by atoms with van der Waals surface area (Å²) >= 11 is 9.23. The molecule has 14 heavy (non-hydrogen) atoms. The monoisotopic (exact) mass is 274 g/mol. The van der Waals surface area contributed by atoms with Gasteiger partial charge in [0, 0.05) is 10.0 Å². The van der Waals surface area contributed by atoms with Crippen LogP contribution in [-0.2, 0) is 4.79 Å². The molecule has 1 aromatic rings. The molecule has 0 heterocycles. The second-order valence-corrected chi connectivity index (χ2v) is 3.96. The number of hydrogen-bond acceptors (Lipinski definition) is 1. The van der Waals surface area contributed by atoms with E-state index in [0.29, 0.717) is 5.56 Å². The van der Waals surface area contributed by atoms with Gasteiger partial charge in [-0.15, -0.1) is 0 Å². The van der Waals surface area contributed by atoms with Gasteiger partial charge in [-0.2, -0.15) is 0 Å². The second kappa shape index (κ2) is 4.62. The Morgan fingerprint density at radius 3 is 2.50 bits per heavy atom. The van der Waals surface area contributed by atoms with Crippen molar-refractivity contribution in [1.82, 2.24) is 0 Å². The van der Waals surface area contributed by atoms with E-state index in [0.717, 1.165) is 4.47 Å². The Balaban J connectivity index is 3.25. The Morgan fingerprint density at radius 2 is 2.00 bits per heavy atom. The van der Waals surface area contributed by atoms with E-state index in [1.54, 1.807) is 12.1 Å². The van der Waals surface area contributed by atoms with Crippen LogP contribution in [0.5, 0.6) is 0 Å². The van der Waals surface area contributed by atoms with Gasteiger partial charge in [0.15, 0.2) is 0 Å². The molecule has 0 bridgehead atoms. The average Bonchev–Trinajstić information content (AvgIpc) is 2.16. The quantitative estimate of drug-likeness (QED) is 0.839. The topological polar surface area (TPSA) is 37.3 Å². The molecular formula is C10H8BrClO2. The van der Waals surface area contributed by atoms with Crippen molar-refractivity contribution in [1.29, 1.82) is 0 Å². The smallest absolute Gasteiger partial charge is 0.332 e. The number of halogens is 2. The number of aliphatic carboxylic acids is 1. The standard InChI is InChI=1S/C10H8BrClO2/c1-6(10(13)14)9(12)7-4-2-3-5-8(7)11/h2-5H,1H3,(H,13,14)/b9-6+. The van der Waals surface area contributed by atoms with Crippen LogP contribution in [0.3, 0.4) is 0 Å². The molecule has 2 nitrogen and oxygen atoms in total. The predicted molar refractivity (Wildman–Crippen MR) is 60.2 cm³/mol. The van der Waals surface area contributed by atoms with E-state index in [9.17, 15) is 4.79 Å². The second-order valence-electron chi connectivity index (χ2n) is 2.72. The highest BCUT2D eigenvalue weighted by atomic mass is 79.9. The number of carboxylic acids is 1. The maximum atomic E-state index is 10.7. The van der Waals surface area contributed by atoms with Crippen LogP contribution in [0.15, 0.2) is 34.3 Å². The Kier molecular flexibility index (Phi) is 3.72. The summed E-state index contributed by atoms with van der Waals surface area (Å²) in [5, 5.41) is 9.00. The van der Waals surface area contributed by atoms with Gasteiger partial charge in [0.2, 0.25) is 0 Å². The van der Waals surface area contributed by atoms with Gasteiger partial charge in [-0.1, -0.05) is 45.7 Å². The van der Waals surface area contributed by atoms with Crippen LogP contribution in [0.4, 0.5) is 0 Å². The molecule has 0 atom stereocenters. The van der Waals surface area contributed by atoms with E-state index in [4.69, 9.17) is 16.7 Å². The summed E-state index contributed by atoms with van der Waals surface area (Å²) in [5.41, 5.74) is 0.827. The molecule has 0 spiro atoms. The van der Waals surface area contributed by atoms with Gasteiger partial charge in [-0.05, 0) is 13.0 Å². The Morgan fingerprint density at radius 1 is 1.43 bits per heavy atom. The summed E-state index contributed by atoms with van der Waals surface area (Å²) in [4.78, 5) is 10.7. The lowest BCUT2D eigenvalue weighted by atomic mass is 10.1. The van der Waals surface area contributed by atoms with Crippen molar-refractivity contribution in [2.24, 2.45) is 0 Å². The minimum atomic E-state index is -1.01. The molecule has 1 N–H and O–H groups in total. The summed E-state index contributed by atoms with van der Waals surface area (Å²) < 4.78 is 0.783. The van der Waals surface area contributed by atoms with Gasteiger partial charge < -0.3 is 5.11 Å². The molecule has 0 saturated heterocycles. The molecule has 1 aromatic carbocycles. The molecule has 0 aromatic heterocycles. The van der Waals surface area contributed by atoms with Crippen LogP contribution in [0, 0.1) is 0 Å². The fourth-order valence-corrected chi connectivity index (χ4v) is 1.78. The maximum absolute atomic E-state index is 10.7. The molecule has 4 heteroatoms. The Labute approximate surface area is 95.3 Å². The minimum Gasteiger partial charge on any atom is -0.478 e. The fraction of sp³-hybridized carbons (Fsp3) is 0.100. The molecule has 1 rings (SSSR count). The van der Waals surface area contributed by atoms with Crippen LogP contribution >= 0.6 is 27.5 Å². The van der Waals surface area contributed by atoms with Crippen molar-refractivity contribution in [3.8, 4) is 0 Å². The molecule has 0 radical (unpaired) electrons. The van der Waals surface area contributed by atoms with Gasteiger partial charge in [-0.3, -0.25) is 0 Å². The molecule has 0 unspecified atom stereocenters. The van der Waals surface area contributed by atoms with Gasteiger partial charge in [0.1, 0.15) is 0 Å². The van der Waals surface area contributed by atoms with Gasteiger partial charge in [0.05, 0.1) is 10.6 Å². The highest BCUT2D eigenvalue weighted by Gasteiger charge is 2.11. The van der Waals surface area contributed by atoms with E-state index in [-0.39, 0.29) is 10.6 Å². The molecule has 0 aliphatic heterocycles. The van der Waals surface area contributed by atoms with E-state index in [1.807, 2.05) is 12.1 Å². The third kappa shape index (κ3) is 2.36. The minimum absolute atomic E-state index is 0.138. The molecule has 0 amide bonds. The van der Waals surface area contributed by atoms with E-state index >= 15 is 0 Å². The lowest BCUT2D eigenvalue weighted by Gasteiger charge is -2.04. The predicted octanol–water partition coefficient (Wildman–Crippen LogP) is 3.50. The molecular weight excluding hydrogens is 267 g/mol. The first-order chi connectivity index (χ1) is 6.54. The molecule has 0 aliphatic rings. The highest BCUT2D eigenvalue weighted by Crippen LogP contribution is 2.29. The van der Waals surface area contributed by atoms with Gasteiger partial charge >= 0.3 is 5.97 Å². The fourth-order valence-electron chi connectivity index (χ4n) is 0.935. The maximum Gasteiger partial charge on any atom is 0.332 e. The van der Waals surface area contributed by atoms with Crippen molar-refractivity contribution in [2.45, 2.75) is 6.92 Å². The Hall–Kier alpha value is -0.800. The van der Waals surface area contributed by atoms with Gasteiger partial charge in [0.25, 0.3) is 0 Å². The van der Waals surface area contributed by atoms with E-state index in [2.05, 4.69) is 15.9 Å². The zero-order valence-corrected chi connectivity index (χ0v) is 9.76. The van der Waals surface area contributed by atoms with Crippen molar-refractivity contribution in [2.75, 3.05) is 0 Å². The van der Waals surface area contributed by atoms with E-state index < -0.39 is 5.97 Å². The van der Waals surface area contributed by atoms with Crippen LogP contribution in [0.2, 0.25) is 0 Å². The number of benzene rings is 1. The number of carbonyl (C=O) groups is 1. The van der Waals surface area contributed by atoms with E-state index in [1.165, 1.54) is 6.92 Å². The first kappa shape index (κ1) is 11.3. The van der Waals surface area contributed by atoms with Crippen LogP contribution in [0.25, 0.3) is 5.03 Å². The summed E-state index contributed by atoms with van der Waals surface area (Å²) in [6.07, 6.45) is 0. The van der Waals surface area contributed by atoms with Crippen LogP contribution in [-0.4, -0.2) is 11.1 Å². The summed E-state index contributed by atoms with van der Waals surface area (Å²) in [7, 11) is 0. The first-order valence-electron chi connectivity index (χ1n) is 3.88. The largest absolute Gasteiger partial charge is 0.478 e. The molecule has 0 saturated carbocycles. The number of rotatable bonds is 2. The van der Waals surface area contributed by atoms with Crippen molar-refractivity contribution in [3.63, 3.8) is 0 Å². The SMILES string of the molecule is C/C(C(=O)O)=C(\Cl)c1ccccc1Br. The van der Waals surface area contributed by atoms with Gasteiger partial charge in [-0.25, -0.2) is 4.79 Å². The zero-order valence-electron chi connectivity index (χ0n) is 7.42. The zero-order chi connectivity index (χ0) is 10.7. The summed E-state index contributed by atoms with van der Waals surface area (Å²) in [6, 6.07) is 7.22. The molecule has 0 fully saturated rings.